The normalized spacial score (nSPS) is 11.7. The van der Waals surface area contributed by atoms with Crippen molar-refractivity contribution in [2.45, 2.75) is 6.92 Å². The molecular formula is C9H10N6O. The Balaban J connectivity index is 2.43. The summed E-state index contributed by atoms with van der Waals surface area (Å²) in [7, 11) is 0. The van der Waals surface area contributed by atoms with Gasteiger partial charge in [-0.3, -0.25) is 0 Å². The Hall–Kier alpha value is -2.44. The lowest BCUT2D eigenvalue weighted by Gasteiger charge is -2.01. The van der Waals surface area contributed by atoms with Crippen LogP contribution in [-0.4, -0.2) is 30.8 Å². The molecule has 16 heavy (non-hydrogen) atoms. The third-order valence-corrected chi connectivity index (χ3v) is 2.03. The van der Waals surface area contributed by atoms with Crippen molar-refractivity contribution in [3.63, 3.8) is 0 Å². The van der Waals surface area contributed by atoms with Crippen molar-refractivity contribution in [3.05, 3.63) is 36.0 Å². The summed E-state index contributed by atoms with van der Waals surface area (Å²) in [6.07, 6.45) is 3.12. The molecule has 0 atom stereocenters. The van der Waals surface area contributed by atoms with E-state index < -0.39 is 0 Å². The van der Waals surface area contributed by atoms with Crippen LogP contribution in [0.15, 0.2) is 29.8 Å². The van der Waals surface area contributed by atoms with E-state index in [1.54, 1.807) is 6.20 Å². The molecule has 2 heterocycles. The third-order valence-electron chi connectivity index (χ3n) is 2.03. The van der Waals surface area contributed by atoms with Gasteiger partial charge in [-0.1, -0.05) is 11.2 Å². The molecule has 82 valence electrons. The molecule has 0 aliphatic rings. The summed E-state index contributed by atoms with van der Waals surface area (Å²) in [5.41, 5.74) is 6.32. The second-order valence-corrected chi connectivity index (χ2v) is 3.14. The van der Waals surface area contributed by atoms with E-state index in [4.69, 9.17) is 10.9 Å². The first-order chi connectivity index (χ1) is 7.72. The van der Waals surface area contributed by atoms with Crippen LogP contribution in [0.1, 0.15) is 11.4 Å². The molecular weight excluding hydrogens is 208 g/mol. The van der Waals surface area contributed by atoms with Gasteiger partial charge in [-0.2, -0.15) is 0 Å². The lowest BCUT2D eigenvalue weighted by atomic mass is 10.3. The molecule has 0 bridgehead atoms. The second-order valence-electron chi connectivity index (χ2n) is 3.14. The molecule has 3 N–H and O–H groups in total. The van der Waals surface area contributed by atoms with Crippen LogP contribution < -0.4 is 5.73 Å². The van der Waals surface area contributed by atoms with Gasteiger partial charge in [0, 0.05) is 6.20 Å². The first kappa shape index (κ1) is 10.1. The summed E-state index contributed by atoms with van der Waals surface area (Å²) in [5.74, 6) is 0.687. The number of hydrogen-bond acceptors (Lipinski definition) is 5. The van der Waals surface area contributed by atoms with Gasteiger partial charge >= 0.3 is 0 Å². The highest BCUT2D eigenvalue weighted by Gasteiger charge is 2.08. The minimum atomic E-state index is -0.132. The highest BCUT2D eigenvalue weighted by Crippen LogP contribution is 2.07. The van der Waals surface area contributed by atoms with E-state index in [-0.39, 0.29) is 11.7 Å². The molecule has 0 aromatic carbocycles. The minimum Gasteiger partial charge on any atom is -0.409 e. The number of nitrogens with two attached hydrogens (primary N) is 1. The molecule has 2 rings (SSSR count). The molecule has 0 unspecified atom stereocenters. The molecule has 0 fully saturated rings. The number of aromatic nitrogens is 4. The van der Waals surface area contributed by atoms with Gasteiger partial charge in [0.2, 0.25) is 11.7 Å². The van der Waals surface area contributed by atoms with Crippen LogP contribution in [0.25, 0.3) is 5.82 Å². The van der Waals surface area contributed by atoms with Gasteiger partial charge in [0.05, 0.1) is 0 Å². The molecule has 0 saturated heterocycles. The van der Waals surface area contributed by atoms with Gasteiger partial charge in [-0.05, 0) is 18.6 Å². The number of aryl methyl sites for hydroxylation is 1. The van der Waals surface area contributed by atoms with Crippen molar-refractivity contribution < 1.29 is 5.21 Å². The first-order valence-corrected chi connectivity index (χ1v) is 4.54. The van der Waals surface area contributed by atoms with Crippen molar-refractivity contribution in [1.82, 2.24) is 19.7 Å². The van der Waals surface area contributed by atoms with Crippen molar-refractivity contribution in [3.8, 4) is 5.82 Å². The standard InChI is InChI=1S/C9H10N6O/c1-6-3-2-4-11-9(6)15-5-12-8(13-15)7(10)14-16/h2-5,16H,1H3,(H2,10,14). The van der Waals surface area contributed by atoms with Crippen LogP contribution in [0.5, 0.6) is 0 Å². The van der Waals surface area contributed by atoms with Gasteiger partial charge in [0.15, 0.2) is 5.82 Å². The average molecular weight is 218 g/mol. The number of oxime groups is 1. The highest BCUT2D eigenvalue weighted by atomic mass is 16.4. The lowest BCUT2D eigenvalue weighted by molar-refractivity contribution is 0.318. The zero-order valence-electron chi connectivity index (χ0n) is 8.57. The summed E-state index contributed by atoms with van der Waals surface area (Å²) < 4.78 is 1.47. The number of hydrogen-bond donors (Lipinski definition) is 2. The Morgan fingerprint density at radius 2 is 2.31 bits per heavy atom. The fourth-order valence-electron chi connectivity index (χ4n) is 1.24. The predicted molar refractivity (Wildman–Crippen MR) is 56.4 cm³/mol. The van der Waals surface area contributed by atoms with Crippen LogP contribution >= 0.6 is 0 Å². The molecule has 0 spiro atoms. The van der Waals surface area contributed by atoms with E-state index in [2.05, 4.69) is 20.2 Å². The van der Waals surface area contributed by atoms with E-state index >= 15 is 0 Å². The molecule has 0 radical (unpaired) electrons. The highest BCUT2D eigenvalue weighted by molar-refractivity contribution is 5.93. The molecule has 7 nitrogen and oxygen atoms in total. The zero-order valence-corrected chi connectivity index (χ0v) is 8.57. The maximum atomic E-state index is 8.48. The smallest absolute Gasteiger partial charge is 0.220 e. The number of amidine groups is 1. The Bertz CT molecular complexity index is 532. The summed E-state index contributed by atoms with van der Waals surface area (Å²) in [5, 5.41) is 15.3. The molecule has 2 aromatic rings. The third kappa shape index (κ3) is 1.70. The van der Waals surface area contributed by atoms with Gasteiger partial charge in [-0.25, -0.2) is 14.6 Å². The summed E-state index contributed by atoms with van der Waals surface area (Å²) in [6, 6.07) is 3.74. The maximum absolute atomic E-state index is 8.48. The van der Waals surface area contributed by atoms with Gasteiger partial charge in [0.25, 0.3) is 0 Å². The molecule has 0 saturated carbocycles. The second kappa shape index (κ2) is 3.97. The summed E-state index contributed by atoms with van der Waals surface area (Å²) in [6.45, 7) is 1.91. The predicted octanol–water partition coefficient (Wildman–Crippen LogP) is 0.0652. The number of pyridine rings is 1. The average Bonchev–Trinajstić information content (AvgIpc) is 2.78. The largest absolute Gasteiger partial charge is 0.409 e. The van der Waals surface area contributed by atoms with E-state index in [0.29, 0.717) is 5.82 Å². The molecule has 7 heteroatoms. The SMILES string of the molecule is Cc1cccnc1-n1cnc(C(N)=NO)n1. The fraction of sp³-hybridized carbons (Fsp3) is 0.111. The van der Waals surface area contributed by atoms with Gasteiger partial charge in [0.1, 0.15) is 6.33 Å². The summed E-state index contributed by atoms with van der Waals surface area (Å²) in [4.78, 5) is 8.06. The monoisotopic (exact) mass is 218 g/mol. The Kier molecular flexibility index (Phi) is 2.50. The first-order valence-electron chi connectivity index (χ1n) is 4.54. The molecule has 0 aliphatic heterocycles. The van der Waals surface area contributed by atoms with Crippen molar-refractivity contribution in [2.24, 2.45) is 10.9 Å². The van der Waals surface area contributed by atoms with Crippen LogP contribution in [-0.2, 0) is 0 Å². The van der Waals surface area contributed by atoms with Gasteiger partial charge in [-0.15, -0.1) is 5.10 Å². The summed E-state index contributed by atoms with van der Waals surface area (Å²) >= 11 is 0. The van der Waals surface area contributed by atoms with E-state index in [9.17, 15) is 0 Å². The number of nitrogens with zero attached hydrogens (tertiary/aromatic N) is 5. The van der Waals surface area contributed by atoms with Crippen LogP contribution in [0.4, 0.5) is 0 Å². The van der Waals surface area contributed by atoms with Gasteiger partial charge < -0.3 is 10.9 Å². The maximum Gasteiger partial charge on any atom is 0.220 e. The van der Waals surface area contributed by atoms with Crippen molar-refractivity contribution >= 4 is 5.84 Å². The van der Waals surface area contributed by atoms with E-state index in [0.717, 1.165) is 5.56 Å². The Morgan fingerprint density at radius 3 is 3.00 bits per heavy atom. The molecule has 2 aromatic heterocycles. The molecule has 0 aliphatic carbocycles. The van der Waals surface area contributed by atoms with Crippen molar-refractivity contribution in [2.75, 3.05) is 0 Å². The Labute approximate surface area is 91.2 Å². The minimum absolute atomic E-state index is 0.132. The van der Waals surface area contributed by atoms with Crippen molar-refractivity contribution in [1.29, 1.82) is 0 Å². The van der Waals surface area contributed by atoms with Crippen LogP contribution in [0.2, 0.25) is 0 Å². The van der Waals surface area contributed by atoms with Crippen LogP contribution in [0.3, 0.4) is 0 Å². The van der Waals surface area contributed by atoms with E-state index in [1.807, 2.05) is 19.1 Å². The Morgan fingerprint density at radius 1 is 1.50 bits per heavy atom. The zero-order chi connectivity index (χ0) is 11.5. The lowest BCUT2D eigenvalue weighted by Crippen LogP contribution is -2.15. The quantitative estimate of drug-likeness (QED) is 0.321. The fourth-order valence-corrected chi connectivity index (χ4v) is 1.24. The van der Waals surface area contributed by atoms with Crippen LogP contribution in [0, 0.1) is 6.92 Å². The van der Waals surface area contributed by atoms with E-state index in [1.165, 1.54) is 11.0 Å². The topological polar surface area (TPSA) is 102 Å². The number of rotatable bonds is 2. The molecule has 0 amide bonds.